The van der Waals surface area contributed by atoms with Gasteiger partial charge in [0.25, 0.3) is 0 Å². The maximum Gasteiger partial charge on any atom is 0.241 e. The Labute approximate surface area is 176 Å². The number of rotatable bonds is 3. The molecular weight excluding hydrogens is 376 g/mol. The highest BCUT2D eigenvalue weighted by molar-refractivity contribution is 6.14. The van der Waals surface area contributed by atoms with Gasteiger partial charge < -0.3 is 9.64 Å². The summed E-state index contributed by atoms with van der Waals surface area (Å²) in [6.45, 7) is 6.00. The third-order valence-corrected chi connectivity index (χ3v) is 6.08. The summed E-state index contributed by atoms with van der Waals surface area (Å²) in [5.41, 5.74) is 1.94. The highest BCUT2D eigenvalue weighted by atomic mass is 16.5. The Hall–Kier alpha value is -3.39. The lowest BCUT2D eigenvalue weighted by atomic mass is 9.62. The molecule has 0 saturated carbocycles. The molecule has 5 nitrogen and oxygen atoms in total. The predicted octanol–water partition coefficient (Wildman–Crippen LogP) is 4.24. The fourth-order valence-electron chi connectivity index (χ4n) is 4.82. The average Bonchev–Trinajstić information content (AvgIpc) is 2.92. The van der Waals surface area contributed by atoms with Gasteiger partial charge in [-0.2, -0.15) is 5.26 Å². The molecule has 5 heteroatoms. The van der Waals surface area contributed by atoms with Crippen LogP contribution in [-0.4, -0.2) is 18.8 Å². The van der Waals surface area contributed by atoms with Crippen molar-refractivity contribution in [3.63, 3.8) is 0 Å². The van der Waals surface area contributed by atoms with Crippen LogP contribution < -0.4 is 9.64 Å². The number of hydrogen-bond donors (Lipinski definition) is 0. The normalized spacial score (nSPS) is 22.0. The van der Waals surface area contributed by atoms with E-state index in [2.05, 4.69) is 0 Å². The number of nitriles is 1. The molecule has 1 atom stereocenters. The SMILES string of the molecule is COc1cc(C)cc(CN2C(=O)C3(C=C(C#N)C(=O)C(C)(C)C3)c3ccccc32)c1. The van der Waals surface area contributed by atoms with Gasteiger partial charge in [0, 0.05) is 11.1 Å². The second-order valence-corrected chi connectivity index (χ2v) is 8.80. The summed E-state index contributed by atoms with van der Waals surface area (Å²) in [6, 6.07) is 15.6. The molecule has 1 amide bonds. The lowest BCUT2D eigenvalue weighted by Crippen LogP contribution is -2.47. The molecule has 1 aliphatic carbocycles. The van der Waals surface area contributed by atoms with Crippen LogP contribution in [0.1, 0.15) is 37.0 Å². The Morgan fingerprint density at radius 3 is 2.60 bits per heavy atom. The van der Waals surface area contributed by atoms with E-state index in [1.54, 1.807) is 18.1 Å². The summed E-state index contributed by atoms with van der Waals surface area (Å²) in [5, 5.41) is 9.58. The van der Waals surface area contributed by atoms with Crippen molar-refractivity contribution < 1.29 is 14.3 Å². The van der Waals surface area contributed by atoms with Gasteiger partial charge in [0.05, 0.1) is 24.6 Å². The first kappa shape index (κ1) is 19.9. The number of para-hydroxylation sites is 1. The number of nitrogens with zero attached hydrogens (tertiary/aromatic N) is 2. The fourth-order valence-corrected chi connectivity index (χ4v) is 4.82. The van der Waals surface area contributed by atoms with E-state index in [1.807, 2.05) is 69.3 Å². The van der Waals surface area contributed by atoms with Gasteiger partial charge in [0.2, 0.25) is 5.91 Å². The quantitative estimate of drug-likeness (QED) is 0.773. The zero-order valence-electron chi connectivity index (χ0n) is 17.7. The van der Waals surface area contributed by atoms with E-state index in [-0.39, 0.29) is 17.3 Å². The number of amides is 1. The van der Waals surface area contributed by atoms with E-state index in [0.29, 0.717) is 13.0 Å². The van der Waals surface area contributed by atoms with Gasteiger partial charge in [-0.15, -0.1) is 0 Å². The van der Waals surface area contributed by atoms with E-state index in [9.17, 15) is 14.9 Å². The number of aryl methyl sites for hydroxylation is 1. The minimum atomic E-state index is -1.01. The summed E-state index contributed by atoms with van der Waals surface area (Å²) in [5.74, 6) is 0.441. The van der Waals surface area contributed by atoms with Crippen molar-refractivity contribution in [2.45, 2.75) is 39.2 Å². The zero-order valence-corrected chi connectivity index (χ0v) is 17.7. The van der Waals surface area contributed by atoms with E-state index in [4.69, 9.17) is 4.74 Å². The van der Waals surface area contributed by atoms with Crippen molar-refractivity contribution in [3.05, 3.63) is 70.8 Å². The minimum absolute atomic E-state index is 0.0634. The minimum Gasteiger partial charge on any atom is -0.497 e. The molecule has 0 fully saturated rings. The van der Waals surface area contributed by atoms with Crippen molar-refractivity contribution >= 4 is 17.4 Å². The first-order chi connectivity index (χ1) is 14.2. The summed E-state index contributed by atoms with van der Waals surface area (Å²) in [7, 11) is 1.62. The number of carbonyl (C=O) groups excluding carboxylic acids is 2. The van der Waals surface area contributed by atoms with E-state index >= 15 is 0 Å². The molecule has 2 aromatic rings. The molecule has 2 aliphatic rings. The van der Waals surface area contributed by atoms with Gasteiger partial charge in [0.1, 0.15) is 11.8 Å². The molecule has 0 aromatic heterocycles. The number of ether oxygens (including phenoxy) is 1. The number of ketones is 1. The third kappa shape index (κ3) is 2.91. The summed E-state index contributed by atoms with van der Waals surface area (Å²) < 4.78 is 5.39. The number of allylic oxidation sites excluding steroid dienone is 1. The first-order valence-corrected chi connectivity index (χ1v) is 9.96. The molecule has 1 spiro atoms. The molecule has 0 N–H and O–H groups in total. The number of carbonyl (C=O) groups is 2. The van der Waals surface area contributed by atoms with Gasteiger partial charge >= 0.3 is 0 Å². The zero-order chi connectivity index (χ0) is 21.7. The Morgan fingerprint density at radius 1 is 1.17 bits per heavy atom. The van der Waals surface area contributed by atoms with Crippen LogP contribution in [0.25, 0.3) is 0 Å². The van der Waals surface area contributed by atoms with E-state index < -0.39 is 10.8 Å². The average molecular weight is 400 g/mol. The monoisotopic (exact) mass is 400 g/mol. The Bertz CT molecular complexity index is 1140. The van der Waals surface area contributed by atoms with Crippen LogP contribution in [-0.2, 0) is 21.5 Å². The Morgan fingerprint density at radius 2 is 1.90 bits per heavy atom. The number of hydrogen-bond acceptors (Lipinski definition) is 4. The van der Waals surface area contributed by atoms with Crippen LogP contribution in [0.5, 0.6) is 5.75 Å². The molecule has 1 unspecified atom stereocenters. The second kappa shape index (κ2) is 6.84. The molecule has 0 radical (unpaired) electrons. The molecule has 30 heavy (non-hydrogen) atoms. The molecule has 152 valence electrons. The molecule has 0 saturated heterocycles. The fraction of sp³-hybridized carbons (Fsp3) is 0.320. The number of fused-ring (bicyclic) bond motifs is 2. The third-order valence-electron chi connectivity index (χ3n) is 6.08. The van der Waals surface area contributed by atoms with Crippen molar-refractivity contribution in [1.82, 2.24) is 0 Å². The highest BCUT2D eigenvalue weighted by Crippen LogP contribution is 2.52. The standard InChI is InChI=1S/C25H24N2O3/c1-16-9-17(11-19(10-16)30-4)14-27-21-8-6-5-7-20(21)25(23(27)29)12-18(13-26)22(28)24(2,3)15-25/h5-12H,14-15H2,1-4H3. The number of benzene rings is 2. The van der Waals surface area contributed by atoms with Crippen molar-refractivity contribution in [3.8, 4) is 11.8 Å². The number of anilines is 1. The highest BCUT2D eigenvalue weighted by Gasteiger charge is 2.56. The second-order valence-electron chi connectivity index (χ2n) is 8.80. The van der Waals surface area contributed by atoms with Crippen LogP contribution in [0.2, 0.25) is 0 Å². The lowest BCUT2D eigenvalue weighted by Gasteiger charge is -2.37. The van der Waals surface area contributed by atoms with Crippen LogP contribution in [0.15, 0.2) is 54.1 Å². The van der Waals surface area contributed by atoms with Gasteiger partial charge in [-0.3, -0.25) is 9.59 Å². The molecule has 1 aliphatic heterocycles. The molecule has 4 rings (SSSR count). The summed E-state index contributed by atoms with van der Waals surface area (Å²) in [4.78, 5) is 28.3. The molecule has 1 heterocycles. The van der Waals surface area contributed by atoms with E-state index in [0.717, 1.165) is 28.1 Å². The predicted molar refractivity (Wildman–Crippen MR) is 114 cm³/mol. The van der Waals surface area contributed by atoms with Crippen LogP contribution in [0, 0.1) is 23.7 Å². The summed E-state index contributed by atoms with van der Waals surface area (Å²) >= 11 is 0. The topological polar surface area (TPSA) is 70.4 Å². The number of Topliss-reactive ketones (excluding diaryl/α,β-unsaturated/α-hetero) is 1. The molecular formula is C25H24N2O3. The van der Waals surface area contributed by atoms with Gasteiger partial charge in [-0.05, 0) is 54.3 Å². The Kier molecular flexibility index (Phi) is 4.54. The summed E-state index contributed by atoms with van der Waals surface area (Å²) in [6.07, 6.45) is 1.94. The van der Waals surface area contributed by atoms with Gasteiger partial charge in [-0.1, -0.05) is 38.1 Å². The number of methoxy groups -OCH3 is 1. The van der Waals surface area contributed by atoms with Crippen molar-refractivity contribution in [2.75, 3.05) is 12.0 Å². The van der Waals surface area contributed by atoms with Gasteiger partial charge in [0.15, 0.2) is 5.78 Å². The van der Waals surface area contributed by atoms with Crippen LogP contribution in [0.3, 0.4) is 0 Å². The van der Waals surface area contributed by atoms with E-state index in [1.165, 1.54) is 0 Å². The maximum absolute atomic E-state index is 13.9. The van der Waals surface area contributed by atoms with Crippen LogP contribution >= 0.6 is 0 Å². The molecule has 0 bridgehead atoms. The molecule has 2 aromatic carbocycles. The van der Waals surface area contributed by atoms with Gasteiger partial charge in [-0.25, -0.2) is 0 Å². The lowest BCUT2D eigenvalue weighted by molar-refractivity contribution is -0.128. The van der Waals surface area contributed by atoms with Crippen molar-refractivity contribution in [1.29, 1.82) is 5.26 Å². The Balaban J connectivity index is 1.85. The maximum atomic E-state index is 13.9. The van der Waals surface area contributed by atoms with Crippen molar-refractivity contribution in [2.24, 2.45) is 5.41 Å². The largest absolute Gasteiger partial charge is 0.497 e. The van der Waals surface area contributed by atoms with Crippen LogP contribution in [0.4, 0.5) is 5.69 Å². The smallest absolute Gasteiger partial charge is 0.241 e. The first-order valence-electron chi connectivity index (χ1n) is 9.96.